The summed E-state index contributed by atoms with van der Waals surface area (Å²) in [5.41, 5.74) is -0.184. The third kappa shape index (κ3) is 4.05. The summed E-state index contributed by atoms with van der Waals surface area (Å²) in [5, 5.41) is 20.4. The summed E-state index contributed by atoms with van der Waals surface area (Å²) in [6.45, 7) is -0.273. The molecule has 0 saturated carbocycles. The quantitative estimate of drug-likeness (QED) is 0.547. The largest absolute Gasteiger partial charge is 0.507 e. The van der Waals surface area contributed by atoms with E-state index in [1.165, 1.54) is 45.6 Å². The van der Waals surface area contributed by atoms with Crippen LogP contribution in [0, 0.1) is 0 Å². The first-order valence-electron chi connectivity index (χ1n) is 8.44. The summed E-state index contributed by atoms with van der Waals surface area (Å²) < 4.78 is 31.4. The predicted octanol–water partition coefficient (Wildman–Crippen LogP) is 2.85. The van der Waals surface area contributed by atoms with Crippen LogP contribution >= 0.6 is 0 Å². The molecule has 1 aromatic heterocycles. The van der Waals surface area contributed by atoms with Gasteiger partial charge in [0.15, 0.2) is 30.8 Å². The maximum absolute atomic E-state index is 13.0. The van der Waals surface area contributed by atoms with Crippen LogP contribution in [0.5, 0.6) is 28.7 Å². The van der Waals surface area contributed by atoms with Crippen LogP contribution in [0.15, 0.2) is 39.5 Å². The monoisotopic (exact) mass is 404 g/mol. The van der Waals surface area contributed by atoms with E-state index in [9.17, 15) is 15.0 Å². The Hall–Kier alpha value is -3.43. The summed E-state index contributed by atoms with van der Waals surface area (Å²) in [4.78, 5) is 13.0. The number of phenols is 2. The molecule has 2 aromatic carbocycles. The number of ether oxygens (including phenoxy) is 5. The van der Waals surface area contributed by atoms with Crippen LogP contribution in [-0.4, -0.2) is 45.1 Å². The first-order chi connectivity index (χ1) is 14.0. The van der Waals surface area contributed by atoms with E-state index in [-0.39, 0.29) is 59.1 Å². The minimum absolute atomic E-state index is 0.0424. The molecule has 1 heterocycles. The lowest BCUT2D eigenvalue weighted by Crippen LogP contribution is -2.12. The molecule has 9 nitrogen and oxygen atoms in total. The molecule has 0 spiro atoms. The first kappa shape index (κ1) is 20.3. The lowest BCUT2D eigenvalue weighted by molar-refractivity contribution is 0.0495. The Kier molecular flexibility index (Phi) is 6.10. The van der Waals surface area contributed by atoms with Crippen molar-refractivity contribution in [1.82, 2.24) is 0 Å². The molecule has 0 aliphatic carbocycles. The summed E-state index contributed by atoms with van der Waals surface area (Å²) in [6, 6.07) is 7.20. The third-order valence-corrected chi connectivity index (χ3v) is 4.01. The van der Waals surface area contributed by atoms with Crippen LogP contribution in [0.2, 0.25) is 0 Å². The zero-order valence-electron chi connectivity index (χ0n) is 16.1. The number of benzene rings is 2. The van der Waals surface area contributed by atoms with Gasteiger partial charge < -0.3 is 38.3 Å². The highest BCUT2D eigenvalue weighted by Crippen LogP contribution is 2.38. The van der Waals surface area contributed by atoms with Gasteiger partial charge in [0.05, 0.1) is 7.11 Å². The standard InChI is InChI=1S/C20H20O9/c1-24-9-27-12-7-14(22)17-16(8-12)29-19(20(18(17)23)28-10-25-2)11-4-5-15(26-3)13(21)6-11/h4-8,21-22H,9-10H2,1-3H3. The van der Waals surface area contributed by atoms with E-state index in [2.05, 4.69) is 0 Å². The Labute approximate surface area is 165 Å². The van der Waals surface area contributed by atoms with Gasteiger partial charge in [0, 0.05) is 31.9 Å². The average Bonchev–Trinajstić information content (AvgIpc) is 2.71. The highest BCUT2D eigenvalue weighted by atomic mass is 16.7. The Morgan fingerprint density at radius 1 is 0.931 bits per heavy atom. The summed E-state index contributed by atoms with van der Waals surface area (Å²) >= 11 is 0. The zero-order valence-corrected chi connectivity index (χ0v) is 16.1. The van der Waals surface area contributed by atoms with Gasteiger partial charge in [-0.15, -0.1) is 0 Å². The van der Waals surface area contributed by atoms with E-state index in [0.29, 0.717) is 5.56 Å². The van der Waals surface area contributed by atoms with Gasteiger partial charge in [0.1, 0.15) is 22.5 Å². The van der Waals surface area contributed by atoms with E-state index in [1.54, 1.807) is 6.07 Å². The fourth-order valence-corrected chi connectivity index (χ4v) is 2.74. The SMILES string of the molecule is COCOc1cc(O)c2c(=O)c(OCOC)c(-c3ccc(OC)c(O)c3)oc2c1. The molecule has 9 heteroatoms. The lowest BCUT2D eigenvalue weighted by Gasteiger charge is -2.13. The summed E-state index contributed by atoms with van der Waals surface area (Å²) in [7, 11) is 4.27. The second-order valence-electron chi connectivity index (χ2n) is 5.89. The smallest absolute Gasteiger partial charge is 0.239 e. The van der Waals surface area contributed by atoms with Crippen molar-refractivity contribution in [3.63, 3.8) is 0 Å². The fourth-order valence-electron chi connectivity index (χ4n) is 2.74. The average molecular weight is 404 g/mol. The molecule has 0 radical (unpaired) electrons. The normalized spacial score (nSPS) is 10.9. The number of hydrogen-bond donors (Lipinski definition) is 2. The van der Waals surface area contributed by atoms with Gasteiger partial charge in [-0.2, -0.15) is 0 Å². The number of hydrogen-bond acceptors (Lipinski definition) is 9. The Morgan fingerprint density at radius 3 is 2.31 bits per heavy atom. The van der Waals surface area contributed by atoms with Crippen molar-refractivity contribution in [3.05, 3.63) is 40.6 Å². The van der Waals surface area contributed by atoms with Crippen molar-refractivity contribution >= 4 is 11.0 Å². The van der Waals surface area contributed by atoms with Gasteiger partial charge in [-0.1, -0.05) is 0 Å². The van der Waals surface area contributed by atoms with Gasteiger partial charge in [0.25, 0.3) is 0 Å². The second kappa shape index (κ2) is 8.72. The zero-order chi connectivity index (χ0) is 21.0. The minimum Gasteiger partial charge on any atom is -0.507 e. The molecule has 29 heavy (non-hydrogen) atoms. The maximum Gasteiger partial charge on any atom is 0.239 e. The number of rotatable bonds is 8. The van der Waals surface area contributed by atoms with Crippen molar-refractivity contribution in [2.24, 2.45) is 0 Å². The molecule has 0 bridgehead atoms. The van der Waals surface area contributed by atoms with Crippen LogP contribution in [-0.2, 0) is 9.47 Å². The van der Waals surface area contributed by atoms with E-state index < -0.39 is 5.43 Å². The van der Waals surface area contributed by atoms with Gasteiger partial charge in [-0.25, -0.2) is 0 Å². The van der Waals surface area contributed by atoms with Gasteiger partial charge in [0.2, 0.25) is 11.2 Å². The molecule has 0 unspecified atom stereocenters. The van der Waals surface area contributed by atoms with Crippen molar-refractivity contribution in [2.75, 3.05) is 34.9 Å². The molecule has 154 valence electrons. The molecule has 0 fully saturated rings. The molecule has 0 aliphatic heterocycles. The van der Waals surface area contributed by atoms with Crippen molar-refractivity contribution in [3.8, 4) is 40.1 Å². The Morgan fingerprint density at radius 2 is 1.66 bits per heavy atom. The van der Waals surface area contributed by atoms with Crippen LogP contribution in [0.1, 0.15) is 0 Å². The lowest BCUT2D eigenvalue weighted by atomic mass is 10.1. The molecule has 0 saturated heterocycles. The highest BCUT2D eigenvalue weighted by Gasteiger charge is 2.22. The Balaban J connectivity index is 2.25. The van der Waals surface area contributed by atoms with Gasteiger partial charge >= 0.3 is 0 Å². The third-order valence-electron chi connectivity index (χ3n) is 4.01. The van der Waals surface area contributed by atoms with Crippen molar-refractivity contribution in [1.29, 1.82) is 0 Å². The predicted molar refractivity (Wildman–Crippen MR) is 103 cm³/mol. The number of phenolic OH excluding ortho intramolecular Hbond substituents is 2. The molecular weight excluding hydrogens is 384 g/mol. The van der Waals surface area contributed by atoms with Crippen LogP contribution in [0.25, 0.3) is 22.3 Å². The Bertz CT molecular complexity index is 1070. The van der Waals surface area contributed by atoms with Crippen LogP contribution < -0.4 is 19.6 Å². The van der Waals surface area contributed by atoms with Gasteiger partial charge in [-0.05, 0) is 18.2 Å². The second-order valence-corrected chi connectivity index (χ2v) is 5.89. The topological polar surface area (TPSA) is 117 Å². The first-order valence-corrected chi connectivity index (χ1v) is 8.44. The molecular formula is C20H20O9. The maximum atomic E-state index is 13.0. The van der Waals surface area contributed by atoms with Crippen LogP contribution in [0.3, 0.4) is 0 Å². The molecule has 3 rings (SSSR count). The van der Waals surface area contributed by atoms with E-state index in [4.69, 9.17) is 28.1 Å². The van der Waals surface area contributed by atoms with E-state index in [0.717, 1.165) is 0 Å². The van der Waals surface area contributed by atoms with E-state index >= 15 is 0 Å². The highest BCUT2D eigenvalue weighted by molar-refractivity contribution is 5.88. The molecule has 0 aliphatic rings. The molecule has 0 atom stereocenters. The number of aromatic hydroxyl groups is 2. The van der Waals surface area contributed by atoms with Crippen molar-refractivity contribution in [2.45, 2.75) is 0 Å². The fraction of sp³-hybridized carbons (Fsp3) is 0.250. The molecule has 0 amide bonds. The molecule has 3 aromatic rings. The minimum atomic E-state index is -0.607. The number of methoxy groups -OCH3 is 3. The molecule has 2 N–H and O–H groups in total. The van der Waals surface area contributed by atoms with E-state index in [1.807, 2.05) is 0 Å². The van der Waals surface area contributed by atoms with Crippen LogP contribution in [0.4, 0.5) is 0 Å². The number of fused-ring (bicyclic) bond motifs is 1. The van der Waals surface area contributed by atoms with Gasteiger partial charge in [-0.3, -0.25) is 4.79 Å². The summed E-state index contributed by atoms with van der Waals surface area (Å²) in [5.74, 6) is -0.122. The van der Waals surface area contributed by atoms with Crippen molar-refractivity contribution < 1.29 is 38.3 Å². The summed E-state index contributed by atoms with van der Waals surface area (Å²) in [6.07, 6.45) is 0.